The number of hydrogen-bond donors (Lipinski definition) is 1. The molecule has 1 fully saturated rings. The molecule has 0 bridgehead atoms. The van der Waals surface area contributed by atoms with Gasteiger partial charge < -0.3 is 14.8 Å². The summed E-state index contributed by atoms with van der Waals surface area (Å²) in [5.74, 6) is -0.0615. The lowest BCUT2D eigenvalue weighted by molar-refractivity contribution is 0.0602. The summed E-state index contributed by atoms with van der Waals surface area (Å²) in [6, 6.07) is 3.51. The molecule has 6 heteroatoms. The standard InChI is InChI=1S/C13H19N3O2.ClH/c1-9-10(2)16(7-5-14-9)13(18)11-4-6-15(3)12(17)8-11;/h4,6,8-10,14H,5,7H2,1-3H3;1H. The Morgan fingerprint density at radius 3 is 2.74 bits per heavy atom. The van der Waals surface area contributed by atoms with E-state index in [4.69, 9.17) is 0 Å². The highest BCUT2D eigenvalue weighted by molar-refractivity contribution is 5.94. The molecule has 19 heavy (non-hydrogen) atoms. The maximum absolute atomic E-state index is 12.4. The van der Waals surface area contributed by atoms with Crippen LogP contribution in [0.15, 0.2) is 23.1 Å². The van der Waals surface area contributed by atoms with Crippen molar-refractivity contribution in [1.29, 1.82) is 0 Å². The van der Waals surface area contributed by atoms with E-state index in [-0.39, 0.29) is 36.0 Å². The number of carbonyl (C=O) groups is 1. The van der Waals surface area contributed by atoms with E-state index < -0.39 is 0 Å². The average molecular weight is 286 g/mol. The largest absolute Gasteiger partial charge is 0.333 e. The monoisotopic (exact) mass is 285 g/mol. The average Bonchev–Trinajstić information content (AvgIpc) is 2.35. The van der Waals surface area contributed by atoms with Gasteiger partial charge in [0, 0.05) is 50.0 Å². The van der Waals surface area contributed by atoms with Gasteiger partial charge in [0.25, 0.3) is 11.5 Å². The van der Waals surface area contributed by atoms with Crippen molar-refractivity contribution in [2.45, 2.75) is 25.9 Å². The van der Waals surface area contributed by atoms with Crippen molar-refractivity contribution in [3.63, 3.8) is 0 Å². The molecule has 0 saturated carbocycles. The van der Waals surface area contributed by atoms with Gasteiger partial charge in [-0.25, -0.2) is 0 Å². The number of nitrogens with zero attached hydrogens (tertiary/aromatic N) is 2. The van der Waals surface area contributed by atoms with Crippen LogP contribution in [0.2, 0.25) is 0 Å². The molecule has 1 amide bonds. The summed E-state index contributed by atoms with van der Waals surface area (Å²) in [4.78, 5) is 25.8. The first kappa shape index (κ1) is 15.7. The van der Waals surface area contributed by atoms with Gasteiger partial charge in [-0.2, -0.15) is 0 Å². The maximum Gasteiger partial charge on any atom is 0.254 e. The van der Waals surface area contributed by atoms with Gasteiger partial charge in [-0.15, -0.1) is 12.4 Å². The molecule has 0 spiro atoms. The Labute approximate surface area is 119 Å². The Kier molecular flexibility index (Phi) is 5.14. The minimum atomic E-state index is -0.156. The van der Waals surface area contributed by atoms with Crippen molar-refractivity contribution in [2.75, 3.05) is 13.1 Å². The van der Waals surface area contributed by atoms with Crippen LogP contribution in [-0.2, 0) is 7.05 Å². The van der Waals surface area contributed by atoms with Crippen molar-refractivity contribution in [3.8, 4) is 0 Å². The van der Waals surface area contributed by atoms with Crippen LogP contribution in [0.3, 0.4) is 0 Å². The lowest BCUT2D eigenvalue weighted by Crippen LogP contribution is -2.57. The third kappa shape index (κ3) is 3.16. The molecule has 1 aromatic heterocycles. The molecule has 5 nitrogen and oxygen atoms in total. The highest BCUT2D eigenvalue weighted by Crippen LogP contribution is 2.12. The van der Waals surface area contributed by atoms with E-state index >= 15 is 0 Å². The van der Waals surface area contributed by atoms with Crippen molar-refractivity contribution in [1.82, 2.24) is 14.8 Å². The van der Waals surface area contributed by atoms with Gasteiger partial charge in [0.1, 0.15) is 0 Å². The minimum absolute atomic E-state index is 0. The molecule has 1 aliphatic heterocycles. The SMILES string of the molecule is CC1NCCN(C(=O)c2ccn(C)c(=O)c2)C1C.Cl. The normalized spacial score (nSPS) is 22.8. The number of amides is 1. The molecule has 2 rings (SSSR count). The lowest BCUT2D eigenvalue weighted by Gasteiger charge is -2.38. The Hall–Kier alpha value is -1.33. The smallest absolute Gasteiger partial charge is 0.254 e. The number of hydrogen-bond acceptors (Lipinski definition) is 3. The zero-order valence-corrected chi connectivity index (χ0v) is 12.2. The van der Waals surface area contributed by atoms with Gasteiger partial charge in [-0.1, -0.05) is 0 Å². The summed E-state index contributed by atoms with van der Waals surface area (Å²) >= 11 is 0. The first-order valence-electron chi connectivity index (χ1n) is 6.21. The summed E-state index contributed by atoms with van der Waals surface area (Å²) in [5, 5.41) is 3.33. The number of nitrogens with one attached hydrogen (secondary N) is 1. The second-order valence-corrected chi connectivity index (χ2v) is 4.85. The summed E-state index contributed by atoms with van der Waals surface area (Å²) < 4.78 is 1.46. The van der Waals surface area contributed by atoms with E-state index in [0.29, 0.717) is 12.1 Å². The lowest BCUT2D eigenvalue weighted by atomic mass is 10.1. The molecule has 2 unspecified atom stereocenters. The van der Waals surface area contributed by atoms with E-state index in [0.717, 1.165) is 6.54 Å². The van der Waals surface area contributed by atoms with Crippen LogP contribution in [0.4, 0.5) is 0 Å². The van der Waals surface area contributed by atoms with Crippen LogP contribution in [0.25, 0.3) is 0 Å². The molecule has 2 heterocycles. The van der Waals surface area contributed by atoms with E-state index in [1.807, 2.05) is 11.8 Å². The summed E-state index contributed by atoms with van der Waals surface area (Å²) in [6.07, 6.45) is 1.63. The van der Waals surface area contributed by atoms with Crippen molar-refractivity contribution >= 4 is 18.3 Å². The van der Waals surface area contributed by atoms with E-state index in [2.05, 4.69) is 12.2 Å². The fraction of sp³-hybridized carbons (Fsp3) is 0.538. The minimum Gasteiger partial charge on any atom is -0.333 e. The van der Waals surface area contributed by atoms with Crippen molar-refractivity contribution in [2.24, 2.45) is 7.05 Å². The fourth-order valence-corrected chi connectivity index (χ4v) is 2.19. The van der Waals surface area contributed by atoms with E-state index in [1.165, 1.54) is 10.6 Å². The molecular formula is C13H20ClN3O2. The molecule has 1 aromatic rings. The van der Waals surface area contributed by atoms with E-state index in [1.54, 1.807) is 19.3 Å². The summed E-state index contributed by atoms with van der Waals surface area (Å²) in [6.45, 7) is 5.56. The Morgan fingerprint density at radius 2 is 2.11 bits per heavy atom. The highest BCUT2D eigenvalue weighted by atomic mass is 35.5. The van der Waals surface area contributed by atoms with Crippen molar-refractivity contribution in [3.05, 3.63) is 34.2 Å². The van der Waals surface area contributed by atoms with Crippen LogP contribution < -0.4 is 10.9 Å². The quantitative estimate of drug-likeness (QED) is 0.823. The van der Waals surface area contributed by atoms with Crippen molar-refractivity contribution < 1.29 is 4.79 Å². The molecule has 0 aromatic carbocycles. The van der Waals surface area contributed by atoms with E-state index in [9.17, 15) is 9.59 Å². The first-order chi connectivity index (χ1) is 8.50. The Morgan fingerprint density at radius 1 is 1.42 bits per heavy atom. The summed E-state index contributed by atoms with van der Waals surface area (Å²) in [7, 11) is 1.67. The number of pyridine rings is 1. The van der Waals surface area contributed by atoms with Crippen LogP contribution in [0, 0.1) is 0 Å². The molecule has 106 valence electrons. The highest BCUT2D eigenvalue weighted by Gasteiger charge is 2.28. The molecule has 0 aliphatic carbocycles. The number of piperazine rings is 1. The predicted molar refractivity (Wildman–Crippen MR) is 76.9 cm³/mol. The molecule has 2 atom stereocenters. The Balaban J connectivity index is 0.00000180. The second kappa shape index (κ2) is 6.21. The zero-order chi connectivity index (χ0) is 13.3. The molecule has 1 saturated heterocycles. The van der Waals surface area contributed by atoms with Crippen LogP contribution in [-0.4, -0.2) is 40.5 Å². The topological polar surface area (TPSA) is 54.3 Å². The summed E-state index contributed by atoms with van der Waals surface area (Å²) in [5.41, 5.74) is 0.315. The molecular weight excluding hydrogens is 266 g/mol. The number of halogens is 1. The molecule has 1 aliphatic rings. The fourth-order valence-electron chi connectivity index (χ4n) is 2.19. The van der Waals surface area contributed by atoms with Gasteiger partial charge >= 0.3 is 0 Å². The molecule has 0 radical (unpaired) electrons. The van der Waals surface area contributed by atoms with Gasteiger partial charge in [0.2, 0.25) is 0 Å². The Bertz CT molecular complexity index is 515. The number of carbonyl (C=O) groups excluding carboxylic acids is 1. The first-order valence-corrected chi connectivity index (χ1v) is 6.21. The number of aryl methyl sites for hydroxylation is 1. The van der Waals surface area contributed by atoms with Gasteiger partial charge in [-0.3, -0.25) is 9.59 Å². The second-order valence-electron chi connectivity index (χ2n) is 4.85. The number of rotatable bonds is 1. The van der Waals surface area contributed by atoms with Crippen LogP contribution in [0.5, 0.6) is 0 Å². The van der Waals surface area contributed by atoms with Crippen LogP contribution in [0.1, 0.15) is 24.2 Å². The van der Waals surface area contributed by atoms with Gasteiger partial charge in [0.15, 0.2) is 0 Å². The zero-order valence-electron chi connectivity index (χ0n) is 11.4. The van der Waals surface area contributed by atoms with Crippen LogP contribution >= 0.6 is 12.4 Å². The maximum atomic E-state index is 12.4. The third-order valence-electron chi connectivity index (χ3n) is 3.65. The number of aromatic nitrogens is 1. The predicted octanol–water partition coefficient (Wildman–Crippen LogP) is 0.629. The molecule has 1 N–H and O–H groups in total. The van der Waals surface area contributed by atoms with Gasteiger partial charge in [0.05, 0.1) is 0 Å². The van der Waals surface area contributed by atoms with Gasteiger partial charge in [-0.05, 0) is 19.9 Å². The third-order valence-corrected chi connectivity index (χ3v) is 3.65.